The molecule has 0 saturated heterocycles. The molecule has 0 aromatic heterocycles. The summed E-state index contributed by atoms with van der Waals surface area (Å²) in [5, 5.41) is 125. The van der Waals surface area contributed by atoms with Crippen LogP contribution in [0.5, 0.6) is 0 Å². The zero-order valence-electron chi connectivity index (χ0n) is 32.3. The van der Waals surface area contributed by atoms with Crippen molar-refractivity contribution in [2.24, 2.45) is 0 Å². The summed E-state index contributed by atoms with van der Waals surface area (Å²) in [4.78, 5) is 130. The van der Waals surface area contributed by atoms with Gasteiger partial charge >= 0.3 is 147 Å². The molecule has 0 heterocycles. The van der Waals surface area contributed by atoms with Crippen LogP contribution in [0.1, 0.15) is 0 Å². The van der Waals surface area contributed by atoms with E-state index in [1.165, 1.54) is 0 Å². The fourth-order valence-corrected chi connectivity index (χ4v) is 4.32. The van der Waals surface area contributed by atoms with Gasteiger partial charge in [0, 0.05) is 118 Å². The van der Waals surface area contributed by atoms with Crippen molar-refractivity contribution in [3.8, 4) is 0 Å². The number of nitrogens with zero attached hydrogens (tertiary/aromatic N) is 6. The summed E-state index contributed by atoms with van der Waals surface area (Å²) in [7, 11) is 0. The molecule has 382 valence electrons. The van der Waals surface area contributed by atoms with Gasteiger partial charge in [-0.05, 0) is 0 Å². The van der Waals surface area contributed by atoms with Gasteiger partial charge < -0.3 is 119 Å². The van der Waals surface area contributed by atoms with Crippen molar-refractivity contribution < 1.29 is 266 Å². The maximum Gasteiger partial charge on any atom is 3.00 e. The average molecular weight is 1540 g/mol. The molecule has 34 heteroatoms. The fourth-order valence-electron chi connectivity index (χ4n) is 4.32. The Bertz CT molecular complexity index is 1140. The largest absolute Gasteiger partial charge is 3.00 e. The van der Waals surface area contributed by atoms with Crippen molar-refractivity contribution in [3.63, 3.8) is 0 Å². The first-order valence-corrected chi connectivity index (χ1v) is 16.3. The Morgan fingerprint density at radius 1 is 0.188 bits per heavy atom. The minimum Gasteiger partial charge on any atom is -0.549 e. The Morgan fingerprint density at radius 2 is 0.250 bits per heavy atom. The van der Waals surface area contributed by atoms with Crippen LogP contribution in [0.25, 0.3) is 0 Å². The number of hydrogen-bond acceptors (Lipinski definition) is 30. The molecule has 0 spiro atoms. The molecule has 0 aliphatic heterocycles. The summed E-state index contributed by atoms with van der Waals surface area (Å²) >= 11 is 0. The molecule has 0 aromatic carbocycles. The number of carboxylic acids is 12. The van der Waals surface area contributed by atoms with E-state index in [1.54, 1.807) is 0 Å². The van der Waals surface area contributed by atoms with Crippen LogP contribution in [0.4, 0.5) is 0 Å². The van der Waals surface area contributed by atoms with E-state index in [0.29, 0.717) is 0 Å². The second kappa shape index (κ2) is 45.1. The van der Waals surface area contributed by atoms with Gasteiger partial charge in [0.05, 0.1) is 71.6 Å². The molecule has 0 aliphatic rings. The Morgan fingerprint density at radius 3 is 0.297 bits per heavy atom. The van der Waals surface area contributed by atoms with E-state index >= 15 is 0 Å². The molecule has 0 atom stereocenters. The zero-order chi connectivity index (χ0) is 47.1. The van der Waals surface area contributed by atoms with Gasteiger partial charge in [0.1, 0.15) is 0 Å². The smallest absolute Gasteiger partial charge is 0.549 e. The zero-order valence-corrected chi connectivity index (χ0v) is 39.4. The van der Waals surface area contributed by atoms with E-state index in [9.17, 15) is 119 Å². The second-order valence-corrected chi connectivity index (χ2v) is 11.7. The molecule has 0 rings (SSSR count). The first-order valence-electron chi connectivity index (χ1n) is 16.3. The van der Waals surface area contributed by atoms with Crippen LogP contribution in [0.3, 0.4) is 0 Å². The SMILES string of the molecule is O=C([O-])CN(CCN(CC(=O)[O-])CC(=O)[O-])CC(=O)[O-].O=C([O-])CN(CCN(CC(=O)[O-])CC(=O)[O-])CC(=O)[O-].O=C([O-])CN(CCN(CC(=O)[O-])CC(=O)[O-])CC(=O)[O-].[Tm+3].[Tm+3].[Tm+3].[Tm+3]. The summed E-state index contributed by atoms with van der Waals surface area (Å²) in [5.74, 6) is -18.4. The fraction of sp³-hybridized carbons (Fsp3) is 0.600. The molecule has 0 amide bonds. The average Bonchev–Trinajstić information content (AvgIpc) is 3.02. The van der Waals surface area contributed by atoms with Crippen LogP contribution >= 0.6 is 0 Å². The Hall–Kier alpha value is -1.66. The molecule has 0 saturated carbocycles. The van der Waals surface area contributed by atoms with E-state index in [-0.39, 0.29) is 187 Å². The second-order valence-electron chi connectivity index (χ2n) is 11.7. The molecule has 0 bridgehead atoms. The molecular formula is C30H36N6O24Tm4. The monoisotopic (exact) mass is 1540 g/mol. The number of aliphatic carboxylic acids is 12. The standard InChI is InChI=1S/3C10H16N2O8.4Tm/c3*13-7(14)3-11(4-8(15)16)1-2-12(5-9(17)18)6-10(19)20;;;;/h3*1-6H2,(H,13,14)(H,15,16)(H,17,18)(H,19,20);;;;/q;;;4*+3/p-12. The van der Waals surface area contributed by atoms with E-state index in [0.717, 1.165) is 29.4 Å². The number of carboxylic acid groups (broad SMARTS) is 12. The topological polar surface area (TPSA) is 501 Å². The van der Waals surface area contributed by atoms with Crippen molar-refractivity contribution in [1.29, 1.82) is 0 Å². The molecule has 0 unspecified atom stereocenters. The van der Waals surface area contributed by atoms with Gasteiger partial charge in [-0.2, -0.15) is 0 Å². The Kier molecular flexibility index (Phi) is 54.0. The van der Waals surface area contributed by atoms with Crippen LogP contribution in [-0.4, -0.2) is 219 Å². The first-order chi connectivity index (χ1) is 27.6. The third-order valence-corrected chi connectivity index (χ3v) is 6.43. The van der Waals surface area contributed by atoms with Gasteiger partial charge in [0.25, 0.3) is 0 Å². The maximum atomic E-state index is 10.4. The number of rotatable bonds is 33. The molecule has 30 nitrogen and oxygen atoms in total. The van der Waals surface area contributed by atoms with E-state index < -0.39 is 150 Å². The summed E-state index contributed by atoms with van der Waals surface area (Å²) < 4.78 is 0. The normalized spacial score (nSPS) is 10.0. The number of hydrogen-bond donors (Lipinski definition) is 0. The third-order valence-electron chi connectivity index (χ3n) is 6.43. The minimum absolute atomic E-state index is 0. The quantitative estimate of drug-likeness (QED) is 0.0589. The minimum atomic E-state index is -1.53. The molecule has 64 heavy (non-hydrogen) atoms. The predicted octanol–water partition coefficient (Wildman–Crippen LogP) is -22.2. The van der Waals surface area contributed by atoms with Crippen LogP contribution < -0.4 is 61.3 Å². The van der Waals surface area contributed by atoms with Crippen molar-refractivity contribution in [1.82, 2.24) is 29.4 Å². The number of carbonyl (C=O) groups is 12. The maximum absolute atomic E-state index is 10.4. The van der Waals surface area contributed by atoms with Gasteiger partial charge in [0.2, 0.25) is 0 Å². The van der Waals surface area contributed by atoms with Crippen LogP contribution in [-0.2, 0) is 57.5 Å². The van der Waals surface area contributed by atoms with Gasteiger partial charge in [0.15, 0.2) is 0 Å². The molecule has 0 aromatic rings. The van der Waals surface area contributed by atoms with E-state index in [1.807, 2.05) is 0 Å². The third kappa shape index (κ3) is 56.5. The predicted molar refractivity (Wildman–Crippen MR) is 159 cm³/mol. The Balaban J connectivity index is -0.000000148. The van der Waals surface area contributed by atoms with Crippen molar-refractivity contribution in [2.45, 2.75) is 0 Å². The molecular weight excluding hydrogens is 1500 g/mol. The van der Waals surface area contributed by atoms with E-state index in [2.05, 4.69) is 0 Å². The molecule has 0 fully saturated rings. The van der Waals surface area contributed by atoms with Gasteiger partial charge in [-0.25, -0.2) is 0 Å². The summed E-state index contributed by atoms with van der Waals surface area (Å²) in [6, 6.07) is 0. The summed E-state index contributed by atoms with van der Waals surface area (Å²) in [6.07, 6.45) is 0. The first kappa shape index (κ1) is 76.6. The van der Waals surface area contributed by atoms with Gasteiger partial charge in [-0.15, -0.1) is 0 Å². The van der Waals surface area contributed by atoms with Crippen LogP contribution in [0.15, 0.2) is 0 Å². The van der Waals surface area contributed by atoms with Gasteiger partial charge in [-0.3, -0.25) is 29.4 Å². The summed E-state index contributed by atoms with van der Waals surface area (Å²) in [6.45, 7) is -9.75. The van der Waals surface area contributed by atoms with Crippen LogP contribution in [0.2, 0.25) is 0 Å². The Labute approximate surface area is 479 Å². The van der Waals surface area contributed by atoms with Crippen molar-refractivity contribution >= 4 is 71.6 Å². The molecule has 0 aliphatic carbocycles. The van der Waals surface area contributed by atoms with E-state index in [4.69, 9.17) is 0 Å². The van der Waals surface area contributed by atoms with Crippen molar-refractivity contribution in [3.05, 3.63) is 0 Å². The van der Waals surface area contributed by atoms with Gasteiger partial charge in [-0.1, -0.05) is 0 Å². The molecule has 0 N–H and O–H groups in total. The molecule has 0 radical (unpaired) electrons. The van der Waals surface area contributed by atoms with Crippen molar-refractivity contribution in [2.75, 3.05) is 118 Å². The number of carbonyl (C=O) groups excluding carboxylic acids is 12. The summed E-state index contributed by atoms with van der Waals surface area (Å²) in [5.41, 5.74) is 0. The van der Waals surface area contributed by atoms with Crippen LogP contribution in [0, 0.1) is 147 Å².